The van der Waals surface area contributed by atoms with E-state index in [-0.39, 0.29) is 5.41 Å². The van der Waals surface area contributed by atoms with Crippen LogP contribution < -0.4 is 4.90 Å². The molecule has 0 saturated heterocycles. The maximum absolute atomic E-state index is 9.58. The highest BCUT2D eigenvalue weighted by molar-refractivity contribution is 9.10. The van der Waals surface area contributed by atoms with E-state index in [2.05, 4.69) is 61.6 Å². The molecule has 3 heteroatoms. The number of aliphatic hydroxyl groups is 1. The third-order valence-electron chi connectivity index (χ3n) is 3.67. The highest BCUT2D eigenvalue weighted by Gasteiger charge is 2.25. The minimum absolute atomic E-state index is 0.219. The van der Waals surface area contributed by atoms with Crippen LogP contribution in [-0.2, 0) is 0 Å². The predicted molar refractivity (Wildman–Crippen MR) is 82.1 cm³/mol. The van der Waals surface area contributed by atoms with Crippen LogP contribution in [0.25, 0.3) is 0 Å². The molecule has 2 unspecified atom stereocenters. The van der Waals surface area contributed by atoms with Crippen LogP contribution in [0.4, 0.5) is 5.69 Å². The molecule has 1 N–H and O–H groups in total. The molecule has 1 rings (SSSR count). The van der Waals surface area contributed by atoms with Crippen LogP contribution in [0.3, 0.4) is 0 Å². The van der Waals surface area contributed by atoms with Gasteiger partial charge in [-0.15, -0.1) is 0 Å². The van der Waals surface area contributed by atoms with Crippen LogP contribution in [0.2, 0.25) is 0 Å². The first-order chi connectivity index (χ1) is 8.14. The summed E-state index contributed by atoms with van der Waals surface area (Å²) in [4.78, 5) is 2.27. The molecule has 18 heavy (non-hydrogen) atoms. The molecular weight excluding hydrogens is 290 g/mol. The van der Waals surface area contributed by atoms with Gasteiger partial charge in [-0.3, -0.25) is 0 Å². The van der Waals surface area contributed by atoms with E-state index in [1.165, 1.54) is 0 Å². The van der Waals surface area contributed by atoms with Gasteiger partial charge in [0.25, 0.3) is 0 Å². The number of benzene rings is 1. The van der Waals surface area contributed by atoms with Gasteiger partial charge in [-0.1, -0.05) is 26.8 Å². The van der Waals surface area contributed by atoms with Crippen molar-refractivity contribution in [1.82, 2.24) is 0 Å². The molecule has 0 heterocycles. The van der Waals surface area contributed by atoms with Crippen LogP contribution in [0.5, 0.6) is 0 Å². The second-order valence-corrected chi connectivity index (χ2v) is 6.89. The molecule has 0 saturated carbocycles. The van der Waals surface area contributed by atoms with Gasteiger partial charge in [-0.05, 0) is 52.9 Å². The number of hydrogen-bond acceptors (Lipinski definition) is 2. The molecule has 2 atom stereocenters. The van der Waals surface area contributed by atoms with Crippen molar-refractivity contribution in [3.63, 3.8) is 0 Å². The number of nitrogens with zero attached hydrogens (tertiary/aromatic N) is 1. The summed E-state index contributed by atoms with van der Waals surface area (Å²) in [5, 5.41) is 9.58. The summed E-state index contributed by atoms with van der Waals surface area (Å²) in [5.74, 6) is 0. The highest BCUT2D eigenvalue weighted by atomic mass is 79.9. The zero-order valence-corrected chi connectivity index (χ0v) is 13.7. The second-order valence-electron chi connectivity index (χ2n) is 6.04. The summed E-state index contributed by atoms with van der Waals surface area (Å²) in [6, 6.07) is 6.46. The monoisotopic (exact) mass is 313 g/mol. The van der Waals surface area contributed by atoms with Crippen molar-refractivity contribution in [2.24, 2.45) is 5.41 Å². The molecule has 0 aliphatic heterocycles. The first-order valence-corrected chi connectivity index (χ1v) is 7.14. The summed E-state index contributed by atoms with van der Waals surface area (Å²) in [5.41, 5.74) is 2.31. The number of anilines is 1. The van der Waals surface area contributed by atoms with E-state index in [0.717, 1.165) is 15.7 Å². The highest BCUT2D eigenvalue weighted by Crippen LogP contribution is 2.33. The van der Waals surface area contributed by atoms with Crippen molar-refractivity contribution in [3.05, 3.63) is 28.2 Å². The van der Waals surface area contributed by atoms with E-state index in [0.29, 0.717) is 6.04 Å². The third kappa shape index (κ3) is 3.48. The molecule has 102 valence electrons. The summed E-state index contributed by atoms with van der Waals surface area (Å²) >= 11 is 3.60. The first-order valence-electron chi connectivity index (χ1n) is 6.35. The number of hydrogen-bond donors (Lipinski definition) is 1. The van der Waals surface area contributed by atoms with E-state index >= 15 is 0 Å². The Kier molecular flexibility index (Phi) is 4.84. The maximum Gasteiger partial charge on any atom is 0.0762 e. The van der Waals surface area contributed by atoms with E-state index in [1.807, 2.05) is 12.1 Å². The van der Waals surface area contributed by atoms with Crippen LogP contribution in [0.1, 0.15) is 46.3 Å². The van der Waals surface area contributed by atoms with Crippen molar-refractivity contribution >= 4 is 21.6 Å². The molecule has 0 spiro atoms. The number of aliphatic hydroxyl groups excluding tert-OH is 1. The standard InChI is InChI=1S/C15H24BrNO/c1-10(18)12-7-8-14(13(16)9-12)17(6)11(2)15(3,4)5/h7-11,18H,1-6H3. The molecule has 0 fully saturated rings. The Bertz CT molecular complexity index is 409. The predicted octanol–water partition coefficient (Wildman–Crippen LogP) is 4.37. The normalized spacial score (nSPS) is 15.3. The van der Waals surface area contributed by atoms with Gasteiger partial charge < -0.3 is 10.0 Å². The van der Waals surface area contributed by atoms with Gasteiger partial charge in [0.05, 0.1) is 11.8 Å². The molecule has 1 aromatic carbocycles. The Morgan fingerprint density at radius 1 is 1.22 bits per heavy atom. The average molecular weight is 314 g/mol. The fraction of sp³-hybridized carbons (Fsp3) is 0.600. The summed E-state index contributed by atoms with van der Waals surface area (Å²) in [6.45, 7) is 10.7. The topological polar surface area (TPSA) is 23.5 Å². The maximum atomic E-state index is 9.58. The number of rotatable bonds is 3. The van der Waals surface area contributed by atoms with Gasteiger partial charge in [-0.2, -0.15) is 0 Å². The van der Waals surface area contributed by atoms with Gasteiger partial charge in [0.1, 0.15) is 0 Å². The zero-order valence-electron chi connectivity index (χ0n) is 12.2. The molecule has 0 radical (unpaired) electrons. The van der Waals surface area contributed by atoms with Gasteiger partial charge in [0, 0.05) is 17.6 Å². The van der Waals surface area contributed by atoms with Gasteiger partial charge >= 0.3 is 0 Å². The molecule has 0 bridgehead atoms. The SMILES string of the molecule is CC(O)c1ccc(N(C)C(C)C(C)(C)C)c(Br)c1. The lowest BCUT2D eigenvalue weighted by molar-refractivity contribution is 0.199. The lowest BCUT2D eigenvalue weighted by Crippen LogP contribution is -2.39. The van der Waals surface area contributed by atoms with E-state index in [1.54, 1.807) is 6.92 Å². The van der Waals surface area contributed by atoms with Gasteiger partial charge in [0.15, 0.2) is 0 Å². The van der Waals surface area contributed by atoms with Crippen molar-refractivity contribution in [2.45, 2.75) is 46.8 Å². The van der Waals surface area contributed by atoms with Crippen LogP contribution >= 0.6 is 15.9 Å². The Balaban J connectivity index is 3.04. The minimum Gasteiger partial charge on any atom is -0.389 e. The van der Waals surface area contributed by atoms with Crippen LogP contribution in [0.15, 0.2) is 22.7 Å². The fourth-order valence-electron chi connectivity index (χ4n) is 1.86. The third-order valence-corrected chi connectivity index (χ3v) is 4.30. The molecule has 0 aliphatic carbocycles. The fourth-order valence-corrected chi connectivity index (χ4v) is 2.53. The molecule has 0 amide bonds. The molecule has 1 aromatic rings. The Morgan fingerprint density at radius 3 is 2.17 bits per heavy atom. The smallest absolute Gasteiger partial charge is 0.0762 e. The molecule has 0 aliphatic rings. The Labute approximate surface area is 119 Å². The Hall–Kier alpha value is -0.540. The summed E-state index contributed by atoms with van der Waals surface area (Å²) in [7, 11) is 2.11. The zero-order chi connectivity index (χ0) is 14.1. The quantitative estimate of drug-likeness (QED) is 0.895. The van der Waals surface area contributed by atoms with Crippen molar-refractivity contribution in [1.29, 1.82) is 0 Å². The lowest BCUT2D eigenvalue weighted by atomic mass is 9.87. The van der Waals surface area contributed by atoms with Crippen molar-refractivity contribution in [3.8, 4) is 0 Å². The van der Waals surface area contributed by atoms with Crippen molar-refractivity contribution in [2.75, 3.05) is 11.9 Å². The van der Waals surface area contributed by atoms with Crippen LogP contribution in [-0.4, -0.2) is 18.2 Å². The average Bonchev–Trinajstić information content (AvgIpc) is 2.25. The molecule has 0 aromatic heterocycles. The van der Waals surface area contributed by atoms with E-state index in [9.17, 15) is 5.11 Å². The second kappa shape index (κ2) is 5.62. The lowest BCUT2D eigenvalue weighted by Gasteiger charge is -2.37. The van der Waals surface area contributed by atoms with E-state index in [4.69, 9.17) is 0 Å². The first kappa shape index (κ1) is 15.5. The summed E-state index contributed by atoms with van der Waals surface area (Å²) in [6.07, 6.45) is -0.430. The van der Waals surface area contributed by atoms with E-state index < -0.39 is 6.10 Å². The largest absolute Gasteiger partial charge is 0.389 e. The van der Waals surface area contributed by atoms with Gasteiger partial charge in [-0.25, -0.2) is 0 Å². The van der Waals surface area contributed by atoms with Crippen LogP contribution in [0, 0.1) is 5.41 Å². The number of halogens is 1. The Morgan fingerprint density at radius 2 is 1.78 bits per heavy atom. The molecule has 2 nitrogen and oxygen atoms in total. The van der Waals surface area contributed by atoms with Crippen molar-refractivity contribution < 1.29 is 5.11 Å². The molecular formula is C15H24BrNO. The summed E-state index contributed by atoms with van der Waals surface area (Å²) < 4.78 is 1.03. The van der Waals surface area contributed by atoms with Gasteiger partial charge in [0.2, 0.25) is 0 Å². The minimum atomic E-state index is -0.430.